The topological polar surface area (TPSA) is 219 Å². The van der Waals surface area contributed by atoms with E-state index in [0.717, 1.165) is 98.9 Å². The molecule has 2 aliphatic rings. The molecule has 64 heavy (non-hydrogen) atoms. The second kappa shape index (κ2) is 17.1. The number of carbonyl (C=O) groups is 2. The summed E-state index contributed by atoms with van der Waals surface area (Å²) in [6.07, 6.45) is 4.36. The highest BCUT2D eigenvalue weighted by atomic mass is 32.1. The van der Waals surface area contributed by atoms with Crippen LogP contribution in [0.1, 0.15) is 60.0 Å². The number of hydrogen-bond acceptors (Lipinski definition) is 14. The predicted molar refractivity (Wildman–Crippen MR) is 247 cm³/mol. The molecule has 0 bridgehead atoms. The molecule has 324 valence electrons. The number of anilines is 2. The summed E-state index contributed by atoms with van der Waals surface area (Å²) < 4.78 is 17.1. The number of aryl methyl sites for hydroxylation is 2. The summed E-state index contributed by atoms with van der Waals surface area (Å²) in [4.78, 5) is 38.5. The van der Waals surface area contributed by atoms with E-state index in [4.69, 9.17) is 31.5 Å². The van der Waals surface area contributed by atoms with Gasteiger partial charge in [0.2, 0.25) is 11.8 Å². The summed E-state index contributed by atoms with van der Waals surface area (Å²) >= 11 is 3.30. The van der Waals surface area contributed by atoms with Gasteiger partial charge in [-0.1, -0.05) is 12.1 Å². The van der Waals surface area contributed by atoms with Crippen LogP contribution in [-0.2, 0) is 9.59 Å². The van der Waals surface area contributed by atoms with Crippen LogP contribution in [0.4, 0.5) is 11.6 Å². The molecule has 2 atom stereocenters. The molecule has 8 heterocycles. The number of nitrogens with two attached hydrogens (primary N) is 2. The van der Waals surface area contributed by atoms with Crippen molar-refractivity contribution in [2.45, 2.75) is 51.4 Å². The van der Waals surface area contributed by atoms with Gasteiger partial charge in [-0.25, -0.2) is 19.0 Å². The molecule has 6 aromatic heterocycles. The number of methoxy groups -OCH3 is 2. The summed E-state index contributed by atoms with van der Waals surface area (Å²) in [6.45, 7) is 6.50. The van der Waals surface area contributed by atoms with Crippen LogP contribution in [0.5, 0.6) is 11.5 Å². The maximum atomic E-state index is 12.2. The lowest BCUT2D eigenvalue weighted by atomic mass is 10.0. The van der Waals surface area contributed by atoms with Crippen LogP contribution in [0.2, 0.25) is 0 Å². The molecule has 16 nitrogen and oxygen atoms in total. The van der Waals surface area contributed by atoms with E-state index in [2.05, 4.69) is 70.4 Å². The summed E-state index contributed by atoms with van der Waals surface area (Å²) in [5.41, 5.74) is 20.4. The van der Waals surface area contributed by atoms with E-state index >= 15 is 0 Å². The summed E-state index contributed by atoms with van der Waals surface area (Å²) in [5, 5.41) is 28.9. The lowest BCUT2D eigenvalue weighted by molar-refractivity contribution is -0.129. The predicted octanol–water partition coefficient (Wildman–Crippen LogP) is 7.48. The molecule has 0 radical (unpaired) electrons. The van der Waals surface area contributed by atoms with Gasteiger partial charge in [0, 0.05) is 70.3 Å². The van der Waals surface area contributed by atoms with Crippen LogP contribution in [0.3, 0.4) is 0 Å². The molecule has 0 saturated carbocycles. The highest BCUT2D eigenvalue weighted by Crippen LogP contribution is 2.45. The third-order valence-electron chi connectivity index (χ3n) is 12.0. The van der Waals surface area contributed by atoms with E-state index in [-0.39, 0.29) is 36.5 Å². The number of aromatic nitrogens is 6. The number of fused-ring (bicyclic) bond motifs is 4. The summed E-state index contributed by atoms with van der Waals surface area (Å²) in [6, 6.07) is 20.8. The number of amides is 2. The molecule has 2 aromatic carbocycles. The number of carbonyl (C=O) groups excluding carboxylic acids is 2. The number of ether oxygens (including phenoxy) is 2. The van der Waals surface area contributed by atoms with Gasteiger partial charge in [0.1, 0.15) is 48.0 Å². The number of rotatable bonds is 8. The fraction of sp³-hybridized carbons (Fsp3) is 0.304. The van der Waals surface area contributed by atoms with E-state index in [9.17, 15) is 9.59 Å². The number of thiophene rings is 2. The Morgan fingerprint density at radius 3 is 1.50 bits per heavy atom. The first-order valence-electron chi connectivity index (χ1n) is 20.7. The Hall–Kier alpha value is -7.28. The molecular weight excluding hydrogens is 849 g/mol. The Labute approximate surface area is 375 Å². The largest absolute Gasteiger partial charge is 0.495 e. The Morgan fingerprint density at radius 2 is 1.11 bits per heavy atom. The van der Waals surface area contributed by atoms with Crippen LogP contribution in [0.25, 0.3) is 52.1 Å². The van der Waals surface area contributed by atoms with Crippen molar-refractivity contribution in [3.05, 3.63) is 83.7 Å². The molecule has 0 unspecified atom stereocenters. The minimum atomic E-state index is -0.128. The highest BCUT2D eigenvalue weighted by Gasteiger charge is 2.33. The Kier molecular flexibility index (Phi) is 11.2. The van der Waals surface area contributed by atoms with Gasteiger partial charge in [-0.05, 0) is 85.0 Å². The van der Waals surface area contributed by atoms with Crippen molar-refractivity contribution in [3.8, 4) is 44.5 Å². The van der Waals surface area contributed by atoms with E-state index in [1.165, 1.54) is 12.7 Å². The zero-order chi connectivity index (χ0) is 44.8. The fourth-order valence-electron chi connectivity index (χ4n) is 9.05. The zero-order valence-corrected chi connectivity index (χ0v) is 37.3. The normalized spacial score (nSPS) is 16.0. The first kappa shape index (κ1) is 42.0. The molecular formula is C46H44N12O4S2. The lowest BCUT2D eigenvalue weighted by Gasteiger charge is -2.14. The molecule has 0 aliphatic carbocycles. The second-order valence-electron chi connectivity index (χ2n) is 16.1. The van der Waals surface area contributed by atoms with Gasteiger partial charge in [0.25, 0.3) is 0 Å². The van der Waals surface area contributed by atoms with Gasteiger partial charge in [-0.2, -0.15) is 20.7 Å². The van der Waals surface area contributed by atoms with Gasteiger partial charge in [-0.3, -0.25) is 9.59 Å². The molecule has 18 heteroatoms. The van der Waals surface area contributed by atoms with Crippen LogP contribution in [0, 0.1) is 36.5 Å². The van der Waals surface area contributed by atoms with E-state index in [0.29, 0.717) is 37.8 Å². The van der Waals surface area contributed by atoms with Crippen LogP contribution in [-0.4, -0.2) is 91.2 Å². The smallest absolute Gasteiger partial charge is 0.236 e. The minimum absolute atomic E-state index is 0.0922. The van der Waals surface area contributed by atoms with Gasteiger partial charge in [0.15, 0.2) is 11.6 Å². The summed E-state index contributed by atoms with van der Waals surface area (Å²) in [7, 11) is 3.37. The minimum Gasteiger partial charge on any atom is -0.495 e. The molecule has 2 amide bonds. The standard InChI is InChI=1S/2C23H22N6O2S/c2*1-13-7-15-9-19(32-22(15)18(8-13)31-2)16-10-17(29-21(16)23(25)26-12-27-29)14-4-6-28(11-14)20(30)3-5-24/h2*7-10,12,14H,3-4,6,11H2,1-2H3,(H2,25,26,27)/t2*14-/m10/s1. The number of hydrogen-bond donors (Lipinski definition) is 2. The monoisotopic (exact) mass is 892 g/mol. The second-order valence-corrected chi connectivity index (χ2v) is 18.2. The lowest BCUT2D eigenvalue weighted by Crippen LogP contribution is -2.27. The first-order valence-corrected chi connectivity index (χ1v) is 22.3. The number of nitriles is 2. The molecule has 2 aliphatic heterocycles. The van der Waals surface area contributed by atoms with E-state index in [1.54, 1.807) is 46.7 Å². The molecule has 0 spiro atoms. The number of likely N-dealkylation sites (tertiary alicyclic amines) is 2. The van der Waals surface area contributed by atoms with Crippen molar-refractivity contribution in [3.63, 3.8) is 0 Å². The molecule has 8 aromatic rings. The van der Waals surface area contributed by atoms with E-state index in [1.807, 2.05) is 33.3 Å². The fourth-order valence-corrected chi connectivity index (χ4v) is 11.4. The Balaban J connectivity index is 0.000000162. The average molecular weight is 893 g/mol. The zero-order valence-electron chi connectivity index (χ0n) is 35.7. The van der Waals surface area contributed by atoms with Gasteiger partial charge < -0.3 is 30.7 Å². The SMILES string of the molecule is COc1cc(C)cc2cc(-c3cc([C@@H]4CCN(C(=O)CC#N)C4)n4ncnc(N)c34)sc12.COc1cc(C)cc2cc(-c3cc([C@H]4CCN(C(=O)CC#N)C4)n4ncnc(N)c34)sc12. The van der Waals surface area contributed by atoms with Crippen molar-refractivity contribution in [2.24, 2.45) is 0 Å². The van der Waals surface area contributed by atoms with Crippen molar-refractivity contribution < 1.29 is 19.1 Å². The van der Waals surface area contributed by atoms with Crippen molar-refractivity contribution in [1.82, 2.24) is 39.0 Å². The van der Waals surface area contributed by atoms with Gasteiger partial charge in [0.05, 0.1) is 35.8 Å². The van der Waals surface area contributed by atoms with Crippen molar-refractivity contribution in [1.29, 1.82) is 10.5 Å². The maximum Gasteiger partial charge on any atom is 0.236 e. The van der Waals surface area contributed by atoms with Crippen LogP contribution < -0.4 is 20.9 Å². The van der Waals surface area contributed by atoms with Gasteiger partial charge in [-0.15, -0.1) is 22.7 Å². The third-order valence-corrected chi connectivity index (χ3v) is 14.4. The number of nitrogens with zero attached hydrogens (tertiary/aromatic N) is 10. The van der Waals surface area contributed by atoms with Crippen molar-refractivity contribution >= 4 is 77.3 Å². The molecule has 2 saturated heterocycles. The Bertz CT molecular complexity index is 3010. The van der Waals surface area contributed by atoms with Crippen LogP contribution >= 0.6 is 22.7 Å². The third kappa shape index (κ3) is 7.54. The van der Waals surface area contributed by atoms with Crippen LogP contribution in [0.15, 0.2) is 61.2 Å². The molecule has 4 N–H and O–H groups in total. The average Bonchev–Trinajstić information content (AvgIpc) is 4.14. The van der Waals surface area contributed by atoms with E-state index < -0.39 is 0 Å². The first-order chi connectivity index (χ1) is 31.0. The quantitative estimate of drug-likeness (QED) is 0.152. The number of benzene rings is 2. The number of nitrogen functional groups attached to an aromatic ring is 2. The van der Waals surface area contributed by atoms with Crippen molar-refractivity contribution in [2.75, 3.05) is 51.9 Å². The van der Waals surface area contributed by atoms with Gasteiger partial charge >= 0.3 is 0 Å². The highest BCUT2D eigenvalue weighted by molar-refractivity contribution is 7.23. The maximum absolute atomic E-state index is 12.2. The Morgan fingerprint density at radius 1 is 0.688 bits per heavy atom. The summed E-state index contributed by atoms with van der Waals surface area (Å²) in [5.74, 6) is 2.50. The molecule has 2 fully saturated rings. The molecule has 10 rings (SSSR count).